The number of amides is 2. The topological polar surface area (TPSA) is 144 Å². The highest BCUT2D eigenvalue weighted by Crippen LogP contribution is 2.16. The molecular weight excluding hydrogens is 404 g/mol. The van der Waals surface area contributed by atoms with E-state index in [0.29, 0.717) is 50.1 Å². The lowest BCUT2D eigenvalue weighted by Gasteiger charge is -2.34. The molecule has 10 heteroatoms. The van der Waals surface area contributed by atoms with E-state index in [1.165, 1.54) is 0 Å². The summed E-state index contributed by atoms with van der Waals surface area (Å²) in [5.74, 6) is -0.968. The van der Waals surface area contributed by atoms with Gasteiger partial charge < -0.3 is 30.6 Å². The maximum absolute atomic E-state index is 12.9. The Morgan fingerprint density at radius 2 is 1.81 bits per heavy atom. The van der Waals surface area contributed by atoms with E-state index in [2.05, 4.69) is 10.5 Å². The van der Waals surface area contributed by atoms with Gasteiger partial charge in [-0.3, -0.25) is 9.59 Å². The highest BCUT2D eigenvalue weighted by molar-refractivity contribution is 6.00. The second-order valence-corrected chi connectivity index (χ2v) is 7.14. The predicted octanol–water partition coefficient (Wildman–Crippen LogP) is 0.860. The second-order valence-electron chi connectivity index (χ2n) is 7.14. The van der Waals surface area contributed by atoms with Gasteiger partial charge in [0.15, 0.2) is 5.84 Å². The van der Waals surface area contributed by atoms with E-state index in [-0.39, 0.29) is 30.4 Å². The van der Waals surface area contributed by atoms with Gasteiger partial charge in [0.1, 0.15) is 12.6 Å². The molecule has 170 valence electrons. The standard InChI is InChI=1S/C21H30N4O6/c1-3-17(23-20(27)15-7-5-14(6-8-15)19(22)24-29)21(28)25-11-9-16(10-12-25)31-13-18(26)30-4-2/h5-8,16-17,29H,3-4,9-13H2,1-2H3,(H2,22,24)(H,23,27). The van der Waals surface area contributed by atoms with Crippen molar-refractivity contribution >= 4 is 23.6 Å². The molecule has 10 nitrogen and oxygen atoms in total. The van der Waals surface area contributed by atoms with E-state index in [1.807, 2.05) is 6.92 Å². The largest absolute Gasteiger partial charge is 0.464 e. The van der Waals surface area contributed by atoms with Crippen LogP contribution >= 0.6 is 0 Å². The first kappa shape index (κ1) is 24.1. The SMILES string of the molecule is CCOC(=O)COC1CCN(C(=O)C(CC)NC(=O)c2ccc(/C(N)=N/O)cc2)CC1. The van der Waals surface area contributed by atoms with Gasteiger partial charge in [0.05, 0.1) is 12.7 Å². The molecule has 1 aromatic rings. The summed E-state index contributed by atoms with van der Waals surface area (Å²) >= 11 is 0. The average molecular weight is 434 g/mol. The summed E-state index contributed by atoms with van der Waals surface area (Å²) in [6.45, 7) is 4.78. The molecule has 0 aromatic heterocycles. The minimum Gasteiger partial charge on any atom is -0.464 e. The van der Waals surface area contributed by atoms with E-state index < -0.39 is 12.0 Å². The summed E-state index contributed by atoms with van der Waals surface area (Å²) in [7, 11) is 0. The zero-order valence-corrected chi connectivity index (χ0v) is 17.9. The van der Waals surface area contributed by atoms with Crippen molar-refractivity contribution in [2.24, 2.45) is 10.9 Å². The van der Waals surface area contributed by atoms with E-state index in [1.54, 1.807) is 36.1 Å². The second kappa shape index (κ2) is 11.9. The number of nitrogens with two attached hydrogens (primary N) is 1. The lowest BCUT2D eigenvalue weighted by molar-refractivity contribution is -0.152. The Labute approximate surface area is 181 Å². The van der Waals surface area contributed by atoms with Crippen molar-refractivity contribution in [3.8, 4) is 0 Å². The normalized spacial score (nSPS) is 15.9. The minimum atomic E-state index is -0.645. The van der Waals surface area contributed by atoms with Gasteiger partial charge in [0.25, 0.3) is 5.91 Å². The van der Waals surface area contributed by atoms with Gasteiger partial charge in [0.2, 0.25) is 5.91 Å². The molecule has 2 amide bonds. The van der Waals surface area contributed by atoms with Crippen LogP contribution < -0.4 is 11.1 Å². The van der Waals surface area contributed by atoms with Gasteiger partial charge >= 0.3 is 5.97 Å². The molecule has 1 aromatic carbocycles. The first-order valence-electron chi connectivity index (χ1n) is 10.3. The molecule has 0 bridgehead atoms. The van der Waals surface area contributed by atoms with Crippen molar-refractivity contribution in [2.45, 2.75) is 45.3 Å². The van der Waals surface area contributed by atoms with Gasteiger partial charge in [-0.05, 0) is 38.3 Å². The van der Waals surface area contributed by atoms with Crippen LogP contribution in [0.1, 0.15) is 49.0 Å². The molecule has 0 spiro atoms. The fourth-order valence-electron chi connectivity index (χ4n) is 3.28. The lowest BCUT2D eigenvalue weighted by Crippen LogP contribution is -2.51. The summed E-state index contributed by atoms with van der Waals surface area (Å²) in [4.78, 5) is 38.5. The molecular formula is C21H30N4O6. The number of carbonyl (C=O) groups is 3. The molecule has 1 saturated heterocycles. The quantitative estimate of drug-likeness (QED) is 0.172. The zero-order chi connectivity index (χ0) is 22.8. The van der Waals surface area contributed by atoms with Gasteiger partial charge in [-0.25, -0.2) is 4.79 Å². The minimum absolute atomic E-state index is 0.0526. The first-order chi connectivity index (χ1) is 14.9. The molecule has 1 heterocycles. The van der Waals surface area contributed by atoms with Crippen LogP contribution in [-0.4, -0.2) is 72.2 Å². The fraction of sp³-hybridized carbons (Fsp3) is 0.524. The Morgan fingerprint density at radius 1 is 1.19 bits per heavy atom. The molecule has 0 saturated carbocycles. The van der Waals surface area contributed by atoms with Crippen molar-refractivity contribution in [2.75, 3.05) is 26.3 Å². The third kappa shape index (κ3) is 6.95. The van der Waals surface area contributed by atoms with Crippen molar-refractivity contribution < 1.29 is 29.1 Å². The molecule has 1 unspecified atom stereocenters. The number of amidine groups is 1. The van der Waals surface area contributed by atoms with Crippen LogP contribution in [0.25, 0.3) is 0 Å². The molecule has 4 N–H and O–H groups in total. The number of carbonyl (C=O) groups excluding carboxylic acids is 3. The number of ether oxygens (including phenoxy) is 2. The number of piperidine rings is 1. The molecule has 2 rings (SSSR count). The summed E-state index contributed by atoms with van der Waals surface area (Å²) in [6.07, 6.45) is 1.58. The van der Waals surface area contributed by atoms with Crippen LogP contribution in [0.15, 0.2) is 29.4 Å². The average Bonchev–Trinajstić information content (AvgIpc) is 2.80. The van der Waals surface area contributed by atoms with Crippen LogP contribution in [0.5, 0.6) is 0 Å². The van der Waals surface area contributed by atoms with Gasteiger partial charge in [0, 0.05) is 24.2 Å². The van der Waals surface area contributed by atoms with Crippen molar-refractivity contribution in [3.63, 3.8) is 0 Å². The maximum Gasteiger partial charge on any atom is 0.332 e. The number of likely N-dealkylation sites (tertiary alicyclic amines) is 1. The first-order valence-corrected chi connectivity index (χ1v) is 10.3. The van der Waals surface area contributed by atoms with Crippen LogP contribution in [0, 0.1) is 0 Å². The van der Waals surface area contributed by atoms with Crippen LogP contribution in [0.3, 0.4) is 0 Å². The molecule has 0 radical (unpaired) electrons. The lowest BCUT2D eigenvalue weighted by atomic mass is 10.1. The molecule has 1 fully saturated rings. The molecule has 1 aliphatic heterocycles. The Balaban J connectivity index is 1.86. The maximum atomic E-state index is 12.9. The number of nitrogens with zero attached hydrogens (tertiary/aromatic N) is 2. The Morgan fingerprint density at radius 3 is 2.35 bits per heavy atom. The fourth-order valence-corrected chi connectivity index (χ4v) is 3.28. The predicted molar refractivity (Wildman–Crippen MR) is 113 cm³/mol. The van der Waals surface area contributed by atoms with Gasteiger partial charge in [-0.1, -0.05) is 24.2 Å². The van der Waals surface area contributed by atoms with Crippen molar-refractivity contribution in [1.82, 2.24) is 10.2 Å². The summed E-state index contributed by atoms with van der Waals surface area (Å²) in [5, 5.41) is 14.4. The zero-order valence-electron chi connectivity index (χ0n) is 17.9. The number of rotatable bonds is 9. The molecule has 0 aliphatic carbocycles. The van der Waals surface area contributed by atoms with Gasteiger partial charge in [-0.15, -0.1) is 0 Å². The Hall–Kier alpha value is -3.14. The Kier molecular flexibility index (Phi) is 9.26. The van der Waals surface area contributed by atoms with E-state index >= 15 is 0 Å². The van der Waals surface area contributed by atoms with E-state index in [4.69, 9.17) is 20.4 Å². The van der Waals surface area contributed by atoms with Crippen LogP contribution in [0.4, 0.5) is 0 Å². The van der Waals surface area contributed by atoms with Crippen molar-refractivity contribution in [1.29, 1.82) is 0 Å². The molecule has 1 aliphatic rings. The number of hydrogen-bond acceptors (Lipinski definition) is 7. The number of benzene rings is 1. The number of hydrogen-bond donors (Lipinski definition) is 3. The third-order valence-corrected chi connectivity index (χ3v) is 5.06. The third-order valence-electron chi connectivity index (χ3n) is 5.06. The molecule has 1 atom stereocenters. The number of esters is 1. The van der Waals surface area contributed by atoms with Crippen molar-refractivity contribution in [3.05, 3.63) is 35.4 Å². The van der Waals surface area contributed by atoms with E-state index in [0.717, 1.165) is 0 Å². The highest BCUT2D eigenvalue weighted by Gasteiger charge is 2.29. The van der Waals surface area contributed by atoms with Gasteiger partial charge in [-0.2, -0.15) is 0 Å². The highest BCUT2D eigenvalue weighted by atomic mass is 16.6. The number of oxime groups is 1. The van der Waals surface area contributed by atoms with Crippen LogP contribution in [0.2, 0.25) is 0 Å². The van der Waals surface area contributed by atoms with Crippen LogP contribution in [-0.2, 0) is 19.1 Å². The smallest absolute Gasteiger partial charge is 0.332 e. The molecule has 31 heavy (non-hydrogen) atoms. The summed E-state index contributed by atoms with van der Waals surface area (Å²) in [5.41, 5.74) is 6.37. The summed E-state index contributed by atoms with van der Waals surface area (Å²) < 4.78 is 10.4. The Bertz CT molecular complexity index is 788. The number of nitrogens with one attached hydrogen (secondary N) is 1. The summed E-state index contributed by atoms with van der Waals surface area (Å²) in [6, 6.07) is 5.58. The monoisotopic (exact) mass is 434 g/mol. The van der Waals surface area contributed by atoms with E-state index in [9.17, 15) is 14.4 Å².